The fourth-order valence-electron chi connectivity index (χ4n) is 1.90. The van der Waals surface area contributed by atoms with Crippen molar-refractivity contribution in [2.45, 2.75) is 19.4 Å². The Bertz CT molecular complexity index is 433. The largest absolute Gasteiger partial charge is 0.459 e. The number of furan rings is 1. The molecule has 0 radical (unpaired) electrons. The summed E-state index contributed by atoms with van der Waals surface area (Å²) in [6, 6.07) is 10.6. The van der Waals surface area contributed by atoms with Crippen molar-refractivity contribution in [1.29, 1.82) is 0 Å². The van der Waals surface area contributed by atoms with Gasteiger partial charge in [0.1, 0.15) is 11.3 Å². The number of fused-ring (bicyclic) bond motifs is 1. The summed E-state index contributed by atoms with van der Waals surface area (Å²) in [6.07, 6.45) is 3.27. The molecule has 1 atom stereocenters. The van der Waals surface area contributed by atoms with E-state index < -0.39 is 0 Å². The lowest BCUT2D eigenvalue weighted by Gasteiger charge is -2.14. The van der Waals surface area contributed by atoms with E-state index in [-0.39, 0.29) is 0 Å². The highest BCUT2D eigenvalue weighted by Crippen LogP contribution is 2.25. The SMILES string of the molecule is CCCNC(CSC)c1cc2ccccc2o1. The molecule has 0 spiro atoms. The van der Waals surface area contributed by atoms with E-state index >= 15 is 0 Å². The van der Waals surface area contributed by atoms with Gasteiger partial charge in [-0.15, -0.1) is 0 Å². The number of para-hydroxylation sites is 1. The minimum absolute atomic E-state index is 0.317. The average molecular weight is 249 g/mol. The molecule has 0 aliphatic heterocycles. The Hall–Kier alpha value is -0.930. The zero-order valence-electron chi connectivity index (χ0n) is 10.4. The Morgan fingerprint density at radius 2 is 2.18 bits per heavy atom. The van der Waals surface area contributed by atoms with Crippen molar-refractivity contribution < 1.29 is 4.42 Å². The topological polar surface area (TPSA) is 25.2 Å². The van der Waals surface area contributed by atoms with Crippen LogP contribution < -0.4 is 5.32 Å². The van der Waals surface area contributed by atoms with Crippen LogP contribution in [0.15, 0.2) is 34.7 Å². The van der Waals surface area contributed by atoms with Gasteiger partial charge in [0.2, 0.25) is 0 Å². The molecule has 2 aromatic rings. The van der Waals surface area contributed by atoms with Gasteiger partial charge in [-0.2, -0.15) is 11.8 Å². The lowest BCUT2D eigenvalue weighted by atomic mass is 10.2. The summed E-state index contributed by atoms with van der Waals surface area (Å²) in [5.74, 6) is 2.09. The smallest absolute Gasteiger partial charge is 0.134 e. The minimum Gasteiger partial charge on any atom is -0.459 e. The lowest BCUT2D eigenvalue weighted by Crippen LogP contribution is -2.23. The minimum atomic E-state index is 0.317. The third kappa shape index (κ3) is 3.05. The molecule has 0 aliphatic carbocycles. The van der Waals surface area contributed by atoms with E-state index in [0.29, 0.717) is 6.04 Å². The second-order valence-electron chi connectivity index (χ2n) is 4.15. The third-order valence-corrected chi connectivity index (χ3v) is 3.43. The predicted molar refractivity (Wildman–Crippen MR) is 75.6 cm³/mol. The van der Waals surface area contributed by atoms with E-state index in [1.165, 1.54) is 5.39 Å². The number of hydrogen-bond acceptors (Lipinski definition) is 3. The van der Waals surface area contributed by atoms with Gasteiger partial charge in [0.25, 0.3) is 0 Å². The molecule has 3 heteroatoms. The van der Waals surface area contributed by atoms with Crippen molar-refractivity contribution in [3.05, 3.63) is 36.1 Å². The summed E-state index contributed by atoms with van der Waals surface area (Å²) < 4.78 is 5.90. The van der Waals surface area contributed by atoms with Gasteiger partial charge >= 0.3 is 0 Å². The van der Waals surface area contributed by atoms with Crippen LogP contribution in [0.25, 0.3) is 11.0 Å². The predicted octanol–water partition coefficient (Wildman–Crippen LogP) is 3.84. The number of hydrogen-bond donors (Lipinski definition) is 1. The molecule has 1 N–H and O–H groups in total. The van der Waals surface area contributed by atoms with E-state index in [2.05, 4.69) is 30.6 Å². The number of rotatable bonds is 6. The fraction of sp³-hybridized carbons (Fsp3) is 0.429. The van der Waals surface area contributed by atoms with Gasteiger partial charge in [-0.3, -0.25) is 0 Å². The molecule has 0 fully saturated rings. The van der Waals surface area contributed by atoms with Gasteiger partial charge in [0.15, 0.2) is 0 Å². The van der Waals surface area contributed by atoms with Crippen molar-refractivity contribution in [3.8, 4) is 0 Å². The van der Waals surface area contributed by atoms with Crippen molar-refractivity contribution in [1.82, 2.24) is 5.32 Å². The summed E-state index contributed by atoms with van der Waals surface area (Å²) in [5.41, 5.74) is 0.979. The first kappa shape index (κ1) is 12.5. The lowest BCUT2D eigenvalue weighted by molar-refractivity contribution is 0.456. The van der Waals surface area contributed by atoms with Crippen molar-refractivity contribution in [3.63, 3.8) is 0 Å². The van der Waals surface area contributed by atoms with E-state index in [1.807, 2.05) is 30.0 Å². The first-order valence-corrected chi connectivity index (χ1v) is 7.45. The molecule has 0 saturated carbocycles. The Kier molecular flexibility index (Phi) is 4.51. The summed E-state index contributed by atoms with van der Waals surface area (Å²) in [5, 5.41) is 4.72. The molecule has 0 aliphatic rings. The third-order valence-electron chi connectivity index (χ3n) is 2.76. The Morgan fingerprint density at radius 1 is 1.35 bits per heavy atom. The van der Waals surface area contributed by atoms with Crippen LogP contribution >= 0.6 is 11.8 Å². The van der Waals surface area contributed by atoms with Crippen LogP contribution in [0.2, 0.25) is 0 Å². The number of nitrogens with one attached hydrogen (secondary N) is 1. The second kappa shape index (κ2) is 6.12. The van der Waals surface area contributed by atoms with Gasteiger partial charge in [0.05, 0.1) is 6.04 Å². The van der Waals surface area contributed by atoms with Crippen LogP contribution in [0.4, 0.5) is 0 Å². The zero-order chi connectivity index (χ0) is 12.1. The highest BCUT2D eigenvalue weighted by atomic mass is 32.2. The molecule has 2 nitrogen and oxygen atoms in total. The highest BCUT2D eigenvalue weighted by Gasteiger charge is 2.14. The number of thioether (sulfide) groups is 1. The van der Waals surface area contributed by atoms with Crippen molar-refractivity contribution in [2.24, 2.45) is 0 Å². The Labute approximate surface area is 107 Å². The summed E-state index contributed by atoms with van der Waals surface area (Å²) in [7, 11) is 0. The molecule has 1 heterocycles. The second-order valence-corrected chi connectivity index (χ2v) is 5.06. The molecule has 92 valence electrons. The van der Waals surface area contributed by atoms with Gasteiger partial charge < -0.3 is 9.73 Å². The number of benzene rings is 1. The maximum absolute atomic E-state index is 5.90. The van der Waals surface area contributed by atoms with Crippen LogP contribution in [0.1, 0.15) is 25.1 Å². The first-order valence-electron chi connectivity index (χ1n) is 6.06. The summed E-state index contributed by atoms with van der Waals surface area (Å²) >= 11 is 1.84. The quantitative estimate of drug-likeness (QED) is 0.842. The van der Waals surface area contributed by atoms with Gasteiger partial charge in [-0.1, -0.05) is 25.1 Å². The van der Waals surface area contributed by atoms with E-state index in [4.69, 9.17) is 4.42 Å². The van der Waals surface area contributed by atoms with Crippen LogP contribution in [-0.4, -0.2) is 18.6 Å². The Balaban J connectivity index is 2.21. The van der Waals surface area contributed by atoms with Crippen molar-refractivity contribution in [2.75, 3.05) is 18.6 Å². The normalized spacial score (nSPS) is 13.1. The maximum Gasteiger partial charge on any atom is 0.134 e. The molecule has 0 bridgehead atoms. The van der Waals surface area contributed by atoms with Crippen LogP contribution in [0.3, 0.4) is 0 Å². The molecule has 0 amide bonds. The molecule has 2 rings (SSSR count). The van der Waals surface area contributed by atoms with Gasteiger partial charge in [-0.25, -0.2) is 0 Å². The van der Waals surface area contributed by atoms with Crippen LogP contribution in [-0.2, 0) is 0 Å². The standard InChI is InChI=1S/C14H19NOS/c1-3-8-15-12(10-17-2)14-9-11-6-4-5-7-13(11)16-14/h4-7,9,12,15H,3,8,10H2,1-2H3. The fourth-order valence-corrected chi connectivity index (χ4v) is 2.52. The van der Waals surface area contributed by atoms with E-state index in [1.54, 1.807) is 0 Å². The first-order chi connectivity index (χ1) is 8.35. The molecule has 17 heavy (non-hydrogen) atoms. The average Bonchev–Trinajstić information content (AvgIpc) is 2.78. The maximum atomic E-state index is 5.90. The molecule has 1 aromatic carbocycles. The van der Waals surface area contributed by atoms with Gasteiger partial charge in [-0.05, 0) is 31.4 Å². The summed E-state index contributed by atoms with van der Waals surface area (Å²) in [4.78, 5) is 0. The van der Waals surface area contributed by atoms with Gasteiger partial charge in [0, 0.05) is 11.1 Å². The Morgan fingerprint density at radius 3 is 2.88 bits per heavy atom. The van der Waals surface area contributed by atoms with Crippen LogP contribution in [0, 0.1) is 0 Å². The monoisotopic (exact) mass is 249 g/mol. The zero-order valence-corrected chi connectivity index (χ0v) is 11.2. The molecule has 0 saturated heterocycles. The van der Waals surface area contributed by atoms with Crippen LogP contribution in [0.5, 0.6) is 0 Å². The van der Waals surface area contributed by atoms with E-state index in [0.717, 1.165) is 30.1 Å². The molecule has 1 unspecified atom stereocenters. The molecular weight excluding hydrogens is 230 g/mol. The molecular formula is C14H19NOS. The van der Waals surface area contributed by atoms with Crippen molar-refractivity contribution >= 4 is 22.7 Å². The molecule has 1 aromatic heterocycles. The van der Waals surface area contributed by atoms with E-state index in [9.17, 15) is 0 Å². The summed E-state index contributed by atoms with van der Waals surface area (Å²) in [6.45, 7) is 3.21. The highest BCUT2D eigenvalue weighted by molar-refractivity contribution is 7.98.